The van der Waals surface area contributed by atoms with Gasteiger partial charge in [-0.3, -0.25) is 5.10 Å². The van der Waals surface area contributed by atoms with Crippen LogP contribution in [-0.4, -0.2) is 15.3 Å². The second-order valence-corrected chi connectivity index (χ2v) is 4.35. The number of benzene rings is 1. The molecule has 1 heterocycles. The first-order valence-corrected chi connectivity index (χ1v) is 5.63. The van der Waals surface area contributed by atoms with Gasteiger partial charge in [-0.15, -0.1) is 0 Å². The summed E-state index contributed by atoms with van der Waals surface area (Å²) in [5.41, 5.74) is 2.95. The Morgan fingerprint density at radius 3 is 2.69 bits per heavy atom. The zero-order valence-corrected chi connectivity index (χ0v) is 8.93. The summed E-state index contributed by atoms with van der Waals surface area (Å²) in [6.45, 7) is 0. The van der Waals surface area contributed by atoms with Crippen molar-refractivity contribution in [3.8, 4) is 11.3 Å². The lowest BCUT2D eigenvalue weighted by Crippen LogP contribution is -1.99. The number of aliphatic hydroxyl groups is 1. The van der Waals surface area contributed by atoms with E-state index in [0.717, 1.165) is 29.7 Å². The van der Waals surface area contributed by atoms with Crippen molar-refractivity contribution in [3.63, 3.8) is 0 Å². The van der Waals surface area contributed by atoms with Crippen LogP contribution in [0.5, 0.6) is 0 Å². The highest BCUT2D eigenvalue weighted by Gasteiger charge is 2.32. The summed E-state index contributed by atoms with van der Waals surface area (Å²) in [6, 6.07) is 10.0. The van der Waals surface area contributed by atoms with E-state index in [0.29, 0.717) is 5.92 Å². The predicted octanol–water partition coefficient (Wildman–Crippen LogP) is 2.52. The van der Waals surface area contributed by atoms with Gasteiger partial charge in [-0.25, -0.2) is 0 Å². The van der Waals surface area contributed by atoms with Gasteiger partial charge in [0.2, 0.25) is 0 Å². The fraction of sp³-hybridized carbons (Fsp3) is 0.308. The highest BCUT2D eigenvalue weighted by atomic mass is 16.3. The second-order valence-electron chi connectivity index (χ2n) is 4.35. The topological polar surface area (TPSA) is 48.9 Å². The van der Waals surface area contributed by atoms with E-state index < -0.39 is 0 Å². The van der Waals surface area contributed by atoms with Crippen molar-refractivity contribution in [1.82, 2.24) is 10.2 Å². The third-order valence-corrected chi connectivity index (χ3v) is 3.12. The minimum atomic E-state index is -0.367. The van der Waals surface area contributed by atoms with E-state index in [-0.39, 0.29) is 6.10 Å². The van der Waals surface area contributed by atoms with Gasteiger partial charge in [-0.2, -0.15) is 5.10 Å². The Balaban J connectivity index is 1.99. The van der Waals surface area contributed by atoms with E-state index in [4.69, 9.17) is 0 Å². The van der Waals surface area contributed by atoms with Gasteiger partial charge in [-0.05, 0) is 24.3 Å². The van der Waals surface area contributed by atoms with Gasteiger partial charge in [0.15, 0.2) is 0 Å². The molecule has 1 aromatic carbocycles. The molecule has 3 rings (SSSR count). The van der Waals surface area contributed by atoms with Crippen LogP contribution in [0.3, 0.4) is 0 Å². The van der Waals surface area contributed by atoms with Gasteiger partial charge in [-0.1, -0.05) is 30.3 Å². The molecular weight excluding hydrogens is 200 g/mol. The number of nitrogens with one attached hydrogen (secondary N) is 1. The standard InChI is InChI=1S/C13H14N2O/c16-13(10-6-7-10)11-8-14-15-12(11)9-4-2-1-3-5-9/h1-5,8,10,13,16H,6-7H2,(H,14,15). The van der Waals surface area contributed by atoms with Gasteiger partial charge in [0.25, 0.3) is 0 Å². The lowest BCUT2D eigenvalue weighted by molar-refractivity contribution is 0.154. The summed E-state index contributed by atoms with van der Waals surface area (Å²) in [7, 11) is 0. The van der Waals surface area contributed by atoms with Crippen LogP contribution in [0.4, 0.5) is 0 Å². The lowest BCUT2D eigenvalue weighted by atomic mass is 10.0. The van der Waals surface area contributed by atoms with Crippen molar-refractivity contribution in [2.45, 2.75) is 18.9 Å². The van der Waals surface area contributed by atoms with E-state index >= 15 is 0 Å². The van der Waals surface area contributed by atoms with Gasteiger partial charge in [0, 0.05) is 5.56 Å². The third-order valence-electron chi connectivity index (χ3n) is 3.12. The van der Waals surface area contributed by atoms with E-state index in [9.17, 15) is 5.11 Å². The minimum Gasteiger partial charge on any atom is -0.388 e. The molecule has 0 saturated heterocycles. The van der Waals surface area contributed by atoms with E-state index in [1.807, 2.05) is 30.3 Å². The predicted molar refractivity (Wildman–Crippen MR) is 61.7 cm³/mol. The zero-order valence-electron chi connectivity index (χ0n) is 8.93. The van der Waals surface area contributed by atoms with E-state index in [2.05, 4.69) is 10.2 Å². The summed E-state index contributed by atoms with van der Waals surface area (Å²) >= 11 is 0. The highest BCUT2D eigenvalue weighted by Crippen LogP contribution is 2.42. The molecule has 1 fully saturated rings. The summed E-state index contributed by atoms with van der Waals surface area (Å²) in [5.74, 6) is 0.431. The fourth-order valence-corrected chi connectivity index (χ4v) is 2.02. The van der Waals surface area contributed by atoms with Gasteiger partial charge >= 0.3 is 0 Å². The number of hydrogen-bond acceptors (Lipinski definition) is 2. The fourth-order valence-electron chi connectivity index (χ4n) is 2.02. The molecule has 2 N–H and O–H groups in total. The maximum Gasteiger partial charge on any atom is 0.0854 e. The van der Waals surface area contributed by atoms with Crippen molar-refractivity contribution >= 4 is 0 Å². The normalized spacial score (nSPS) is 17.3. The first-order valence-electron chi connectivity index (χ1n) is 5.63. The summed E-state index contributed by atoms with van der Waals surface area (Å²) in [6.07, 6.45) is 3.63. The zero-order chi connectivity index (χ0) is 11.0. The summed E-state index contributed by atoms with van der Waals surface area (Å²) in [5, 5.41) is 17.2. The van der Waals surface area contributed by atoms with Gasteiger partial charge in [0.1, 0.15) is 0 Å². The molecule has 0 bridgehead atoms. The number of aromatic nitrogens is 2. The number of nitrogens with zero attached hydrogens (tertiary/aromatic N) is 1. The average molecular weight is 214 g/mol. The Labute approximate surface area is 94.1 Å². The molecule has 0 spiro atoms. The van der Waals surface area contributed by atoms with Crippen LogP contribution >= 0.6 is 0 Å². The number of aliphatic hydroxyl groups excluding tert-OH is 1. The van der Waals surface area contributed by atoms with Crippen LogP contribution < -0.4 is 0 Å². The molecule has 1 unspecified atom stereocenters. The number of rotatable bonds is 3. The average Bonchev–Trinajstić information content (AvgIpc) is 3.06. The molecule has 0 aliphatic heterocycles. The molecule has 1 aromatic heterocycles. The number of aromatic amines is 1. The molecule has 82 valence electrons. The van der Waals surface area contributed by atoms with Crippen molar-refractivity contribution < 1.29 is 5.11 Å². The Hall–Kier alpha value is -1.61. The van der Waals surface area contributed by atoms with Crippen LogP contribution in [0.2, 0.25) is 0 Å². The van der Waals surface area contributed by atoms with Crippen molar-refractivity contribution in [1.29, 1.82) is 0 Å². The Morgan fingerprint density at radius 1 is 1.25 bits per heavy atom. The first kappa shape index (κ1) is 9.60. The first-order chi connectivity index (χ1) is 7.86. The number of H-pyrrole nitrogens is 1. The molecule has 1 aliphatic rings. The molecule has 0 amide bonds. The van der Waals surface area contributed by atoms with Gasteiger partial charge in [0.05, 0.1) is 18.0 Å². The lowest BCUT2D eigenvalue weighted by Gasteiger charge is -2.09. The Kier molecular flexibility index (Phi) is 2.26. The van der Waals surface area contributed by atoms with Gasteiger partial charge < -0.3 is 5.11 Å². The smallest absolute Gasteiger partial charge is 0.0854 e. The molecule has 3 nitrogen and oxygen atoms in total. The molecule has 1 atom stereocenters. The highest BCUT2D eigenvalue weighted by molar-refractivity contribution is 5.63. The summed E-state index contributed by atoms with van der Waals surface area (Å²) in [4.78, 5) is 0. The SMILES string of the molecule is OC(c1cn[nH]c1-c1ccccc1)C1CC1. The van der Waals surface area contributed by atoms with Crippen molar-refractivity contribution in [2.24, 2.45) is 5.92 Å². The number of hydrogen-bond donors (Lipinski definition) is 2. The third kappa shape index (κ3) is 1.63. The van der Waals surface area contributed by atoms with E-state index in [1.54, 1.807) is 6.20 Å². The molecule has 1 aliphatic carbocycles. The Morgan fingerprint density at radius 2 is 2.00 bits per heavy atom. The Bertz CT molecular complexity index is 474. The van der Waals surface area contributed by atoms with Crippen molar-refractivity contribution in [3.05, 3.63) is 42.1 Å². The van der Waals surface area contributed by atoms with Crippen LogP contribution in [0, 0.1) is 5.92 Å². The molecule has 3 heteroatoms. The summed E-state index contributed by atoms with van der Waals surface area (Å²) < 4.78 is 0. The molecule has 1 saturated carbocycles. The van der Waals surface area contributed by atoms with Crippen LogP contribution in [0.1, 0.15) is 24.5 Å². The van der Waals surface area contributed by atoms with Crippen LogP contribution in [-0.2, 0) is 0 Å². The second kappa shape index (κ2) is 3.76. The molecule has 2 aromatic rings. The molecule has 0 radical (unpaired) electrons. The molecular formula is C13H14N2O. The van der Waals surface area contributed by atoms with Crippen LogP contribution in [0.25, 0.3) is 11.3 Å². The van der Waals surface area contributed by atoms with E-state index in [1.165, 1.54) is 0 Å². The maximum atomic E-state index is 10.1. The van der Waals surface area contributed by atoms with Crippen molar-refractivity contribution in [2.75, 3.05) is 0 Å². The quantitative estimate of drug-likeness (QED) is 0.824. The maximum absolute atomic E-state index is 10.1. The van der Waals surface area contributed by atoms with Crippen LogP contribution in [0.15, 0.2) is 36.5 Å². The monoisotopic (exact) mass is 214 g/mol. The minimum absolute atomic E-state index is 0.367. The molecule has 16 heavy (non-hydrogen) atoms. The largest absolute Gasteiger partial charge is 0.388 e.